The highest BCUT2D eigenvalue weighted by Crippen LogP contribution is 2.21. The van der Waals surface area contributed by atoms with Crippen LogP contribution < -0.4 is 5.32 Å². The van der Waals surface area contributed by atoms with Crippen molar-refractivity contribution in [3.63, 3.8) is 0 Å². The molecular weight excluding hydrogens is 266 g/mol. The van der Waals surface area contributed by atoms with Crippen LogP contribution >= 0.6 is 27.3 Å². The number of methoxy groups -OCH3 is 1. The molecular formula is C9H12BrNO2S. The Hall–Kier alpha value is -0.390. The van der Waals surface area contributed by atoms with E-state index in [1.807, 2.05) is 6.07 Å². The molecule has 1 heterocycles. The zero-order chi connectivity index (χ0) is 10.4. The van der Waals surface area contributed by atoms with E-state index in [1.54, 1.807) is 11.3 Å². The Morgan fingerprint density at radius 1 is 1.64 bits per heavy atom. The van der Waals surface area contributed by atoms with Gasteiger partial charge in [0.15, 0.2) is 0 Å². The lowest BCUT2D eigenvalue weighted by Crippen LogP contribution is -2.17. The van der Waals surface area contributed by atoms with Crippen molar-refractivity contribution in [3.8, 4) is 0 Å². The highest BCUT2D eigenvalue weighted by Gasteiger charge is 2.00. The zero-order valence-electron chi connectivity index (χ0n) is 7.88. The van der Waals surface area contributed by atoms with Crippen molar-refractivity contribution in [2.24, 2.45) is 0 Å². The number of hydrogen-bond donors (Lipinski definition) is 1. The van der Waals surface area contributed by atoms with Gasteiger partial charge in [-0.05, 0) is 28.1 Å². The first-order valence-electron chi connectivity index (χ1n) is 4.24. The molecule has 0 spiro atoms. The molecule has 0 aliphatic heterocycles. The van der Waals surface area contributed by atoms with E-state index in [0.29, 0.717) is 13.0 Å². The molecule has 0 amide bonds. The Kier molecular flexibility index (Phi) is 5.14. The average molecular weight is 278 g/mol. The van der Waals surface area contributed by atoms with E-state index >= 15 is 0 Å². The minimum Gasteiger partial charge on any atom is -0.469 e. The molecule has 0 radical (unpaired) electrons. The van der Waals surface area contributed by atoms with Gasteiger partial charge in [0.05, 0.1) is 17.3 Å². The van der Waals surface area contributed by atoms with Crippen LogP contribution in [-0.4, -0.2) is 19.6 Å². The zero-order valence-corrected chi connectivity index (χ0v) is 10.3. The standard InChI is InChI=1S/C9H12BrNO2S/c1-13-9(12)4-5-11-6-7-2-3-8(10)14-7/h2-3,11H,4-6H2,1H3. The fourth-order valence-corrected chi connectivity index (χ4v) is 2.40. The molecule has 78 valence electrons. The van der Waals surface area contributed by atoms with Gasteiger partial charge in [0, 0.05) is 18.0 Å². The highest BCUT2D eigenvalue weighted by atomic mass is 79.9. The van der Waals surface area contributed by atoms with Crippen molar-refractivity contribution < 1.29 is 9.53 Å². The van der Waals surface area contributed by atoms with Gasteiger partial charge in [-0.25, -0.2) is 0 Å². The van der Waals surface area contributed by atoms with Gasteiger partial charge in [0.2, 0.25) is 0 Å². The van der Waals surface area contributed by atoms with Gasteiger partial charge in [0.25, 0.3) is 0 Å². The number of carbonyl (C=O) groups excluding carboxylic acids is 1. The van der Waals surface area contributed by atoms with E-state index in [0.717, 1.165) is 10.3 Å². The molecule has 0 unspecified atom stereocenters. The normalized spacial score (nSPS) is 10.1. The van der Waals surface area contributed by atoms with Crippen LogP contribution in [0.15, 0.2) is 15.9 Å². The summed E-state index contributed by atoms with van der Waals surface area (Å²) in [6, 6.07) is 4.07. The summed E-state index contributed by atoms with van der Waals surface area (Å²) in [5, 5.41) is 3.17. The summed E-state index contributed by atoms with van der Waals surface area (Å²) >= 11 is 5.08. The van der Waals surface area contributed by atoms with Crippen LogP contribution in [0.1, 0.15) is 11.3 Å². The van der Waals surface area contributed by atoms with Crippen LogP contribution in [0.25, 0.3) is 0 Å². The van der Waals surface area contributed by atoms with Gasteiger partial charge in [0.1, 0.15) is 0 Å². The summed E-state index contributed by atoms with van der Waals surface area (Å²) in [6.07, 6.45) is 0.420. The highest BCUT2D eigenvalue weighted by molar-refractivity contribution is 9.11. The molecule has 0 fully saturated rings. The first-order chi connectivity index (χ1) is 6.72. The predicted octanol–water partition coefficient (Wildman–Crippen LogP) is 2.16. The van der Waals surface area contributed by atoms with E-state index in [-0.39, 0.29) is 5.97 Å². The van der Waals surface area contributed by atoms with Crippen molar-refractivity contribution in [2.45, 2.75) is 13.0 Å². The van der Waals surface area contributed by atoms with Gasteiger partial charge in [-0.15, -0.1) is 11.3 Å². The quantitative estimate of drug-likeness (QED) is 0.662. The third-order valence-corrected chi connectivity index (χ3v) is 3.29. The summed E-state index contributed by atoms with van der Waals surface area (Å²) < 4.78 is 5.65. The Balaban J connectivity index is 2.13. The minimum absolute atomic E-state index is 0.176. The number of nitrogens with one attached hydrogen (secondary N) is 1. The van der Waals surface area contributed by atoms with Crippen molar-refractivity contribution in [1.29, 1.82) is 0 Å². The largest absolute Gasteiger partial charge is 0.469 e. The van der Waals surface area contributed by atoms with E-state index in [4.69, 9.17) is 0 Å². The Bertz CT molecular complexity index is 301. The number of thiophene rings is 1. The lowest BCUT2D eigenvalue weighted by Gasteiger charge is -2.01. The molecule has 0 saturated carbocycles. The van der Waals surface area contributed by atoms with E-state index in [1.165, 1.54) is 12.0 Å². The van der Waals surface area contributed by atoms with Gasteiger partial charge < -0.3 is 10.1 Å². The fraction of sp³-hybridized carbons (Fsp3) is 0.444. The van der Waals surface area contributed by atoms with Crippen LogP contribution in [0.3, 0.4) is 0 Å². The molecule has 0 aromatic carbocycles. The predicted molar refractivity (Wildman–Crippen MR) is 60.4 cm³/mol. The van der Waals surface area contributed by atoms with Crippen LogP contribution in [-0.2, 0) is 16.1 Å². The molecule has 1 aromatic rings. The second-order valence-corrected chi connectivity index (χ2v) is 5.26. The van der Waals surface area contributed by atoms with Gasteiger partial charge in [-0.2, -0.15) is 0 Å². The fourth-order valence-electron chi connectivity index (χ4n) is 0.951. The van der Waals surface area contributed by atoms with Gasteiger partial charge >= 0.3 is 5.97 Å². The average Bonchev–Trinajstić information content (AvgIpc) is 2.58. The van der Waals surface area contributed by atoms with Crippen molar-refractivity contribution in [2.75, 3.05) is 13.7 Å². The summed E-state index contributed by atoms with van der Waals surface area (Å²) in [7, 11) is 1.40. The molecule has 1 aromatic heterocycles. The van der Waals surface area contributed by atoms with Gasteiger partial charge in [-0.1, -0.05) is 0 Å². The SMILES string of the molecule is COC(=O)CCNCc1ccc(Br)s1. The lowest BCUT2D eigenvalue weighted by molar-refractivity contribution is -0.140. The van der Waals surface area contributed by atoms with Gasteiger partial charge in [-0.3, -0.25) is 4.79 Å². The number of esters is 1. The van der Waals surface area contributed by atoms with E-state index < -0.39 is 0 Å². The topological polar surface area (TPSA) is 38.3 Å². The first kappa shape index (κ1) is 11.7. The molecule has 0 aliphatic rings. The molecule has 14 heavy (non-hydrogen) atoms. The summed E-state index contributed by atoms with van der Waals surface area (Å²) in [5.74, 6) is -0.176. The molecule has 0 aliphatic carbocycles. The molecule has 0 atom stereocenters. The monoisotopic (exact) mass is 277 g/mol. The summed E-state index contributed by atoms with van der Waals surface area (Å²) in [5.41, 5.74) is 0. The molecule has 1 N–H and O–H groups in total. The molecule has 0 bridgehead atoms. The number of carbonyl (C=O) groups is 1. The second-order valence-electron chi connectivity index (χ2n) is 2.71. The van der Waals surface area contributed by atoms with E-state index in [2.05, 4.69) is 32.0 Å². The maximum Gasteiger partial charge on any atom is 0.306 e. The molecule has 1 rings (SSSR count). The number of hydrogen-bond acceptors (Lipinski definition) is 4. The van der Waals surface area contributed by atoms with Crippen molar-refractivity contribution in [3.05, 3.63) is 20.8 Å². The molecule has 3 nitrogen and oxygen atoms in total. The number of ether oxygens (including phenoxy) is 1. The van der Waals surface area contributed by atoms with Crippen LogP contribution in [0.2, 0.25) is 0 Å². The Labute approximate surface area is 95.6 Å². The van der Waals surface area contributed by atoms with Crippen molar-refractivity contribution >= 4 is 33.2 Å². The minimum atomic E-state index is -0.176. The first-order valence-corrected chi connectivity index (χ1v) is 5.85. The van der Waals surface area contributed by atoms with Crippen LogP contribution in [0.5, 0.6) is 0 Å². The van der Waals surface area contributed by atoms with E-state index in [9.17, 15) is 4.79 Å². The summed E-state index contributed by atoms with van der Waals surface area (Å²) in [6.45, 7) is 1.45. The number of rotatable bonds is 5. The smallest absolute Gasteiger partial charge is 0.306 e. The van der Waals surface area contributed by atoms with Crippen molar-refractivity contribution in [1.82, 2.24) is 5.32 Å². The van der Waals surface area contributed by atoms with Crippen LogP contribution in [0, 0.1) is 0 Å². The maximum absolute atomic E-state index is 10.8. The number of halogens is 1. The second kappa shape index (κ2) is 6.16. The molecule has 5 heteroatoms. The third-order valence-electron chi connectivity index (χ3n) is 1.66. The molecule has 0 saturated heterocycles. The van der Waals surface area contributed by atoms with Crippen LogP contribution in [0.4, 0.5) is 0 Å². The maximum atomic E-state index is 10.8. The lowest BCUT2D eigenvalue weighted by atomic mass is 10.4. The Morgan fingerprint density at radius 3 is 3.00 bits per heavy atom. The Morgan fingerprint density at radius 2 is 2.43 bits per heavy atom. The third kappa shape index (κ3) is 4.21. The summed E-state index contributed by atoms with van der Waals surface area (Å²) in [4.78, 5) is 12.0.